The van der Waals surface area contributed by atoms with Crippen LogP contribution < -0.4 is 5.32 Å². The summed E-state index contributed by atoms with van der Waals surface area (Å²) in [6.45, 7) is 1.98. The number of hydrogen-bond donors (Lipinski definition) is 1. The van der Waals surface area contributed by atoms with Crippen molar-refractivity contribution in [2.24, 2.45) is 0 Å². The van der Waals surface area contributed by atoms with Crippen molar-refractivity contribution in [3.63, 3.8) is 0 Å². The van der Waals surface area contributed by atoms with Gasteiger partial charge in [-0.25, -0.2) is 0 Å². The Morgan fingerprint density at radius 1 is 1.47 bits per heavy atom. The Morgan fingerprint density at radius 2 is 2.18 bits per heavy atom. The lowest BCUT2D eigenvalue weighted by Crippen LogP contribution is -2.31. The van der Waals surface area contributed by atoms with Crippen LogP contribution in [0.4, 0.5) is 13.2 Å². The molecule has 7 heteroatoms. The standard InChI is InChI=1S/C10H13ClF3NOS/c1-7(10(12,13)14)16-5-4-15-6-8-2-3-9(11)17-8/h2-3,7,15H,4-6H2,1H3. The van der Waals surface area contributed by atoms with E-state index < -0.39 is 12.3 Å². The molecule has 0 aliphatic rings. The van der Waals surface area contributed by atoms with E-state index in [1.165, 1.54) is 11.3 Å². The Labute approximate surface area is 107 Å². The largest absolute Gasteiger partial charge is 0.414 e. The molecule has 0 bridgehead atoms. The third kappa shape index (κ3) is 5.72. The van der Waals surface area contributed by atoms with Crippen molar-refractivity contribution in [3.05, 3.63) is 21.3 Å². The average Bonchev–Trinajstić information content (AvgIpc) is 2.62. The van der Waals surface area contributed by atoms with E-state index in [-0.39, 0.29) is 6.61 Å². The molecule has 98 valence electrons. The van der Waals surface area contributed by atoms with Crippen molar-refractivity contribution < 1.29 is 17.9 Å². The molecule has 0 amide bonds. The highest BCUT2D eigenvalue weighted by atomic mass is 35.5. The van der Waals surface area contributed by atoms with Gasteiger partial charge in [0.1, 0.15) is 0 Å². The number of hydrogen-bond acceptors (Lipinski definition) is 3. The second-order valence-electron chi connectivity index (χ2n) is 3.44. The van der Waals surface area contributed by atoms with Gasteiger partial charge in [-0.2, -0.15) is 13.2 Å². The van der Waals surface area contributed by atoms with Crippen LogP contribution in [0.5, 0.6) is 0 Å². The lowest BCUT2D eigenvalue weighted by molar-refractivity contribution is -0.213. The predicted molar refractivity (Wildman–Crippen MR) is 62.5 cm³/mol. The topological polar surface area (TPSA) is 21.3 Å². The second-order valence-corrected chi connectivity index (χ2v) is 5.24. The van der Waals surface area contributed by atoms with Crippen molar-refractivity contribution in [3.8, 4) is 0 Å². The molecular weight excluding hydrogens is 275 g/mol. The maximum absolute atomic E-state index is 12.1. The molecular formula is C10H13ClF3NOS. The van der Waals surface area contributed by atoms with Crippen LogP contribution in [-0.2, 0) is 11.3 Å². The van der Waals surface area contributed by atoms with Gasteiger partial charge in [0.15, 0.2) is 6.10 Å². The van der Waals surface area contributed by atoms with Gasteiger partial charge in [-0.3, -0.25) is 0 Å². The van der Waals surface area contributed by atoms with Gasteiger partial charge in [0, 0.05) is 18.0 Å². The molecule has 0 spiro atoms. The summed E-state index contributed by atoms with van der Waals surface area (Å²) >= 11 is 7.17. The first-order valence-corrected chi connectivity index (χ1v) is 6.22. The molecule has 1 aromatic rings. The highest BCUT2D eigenvalue weighted by Crippen LogP contribution is 2.22. The van der Waals surface area contributed by atoms with E-state index in [1.54, 1.807) is 6.07 Å². The summed E-state index contributed by atoms with van der Waals surface area (Å²) in [6, 6.07) is 3.66. The monoisotopic (exact) mass is 287 g/mol. The third-order valence-corrected chi connectivity index (χ3v) is 3.27. The van der Waals surface area contributed by atoms with Gasteiger partial charge < -0.3 is 10.1 Å². The molecule has 17 heavy (non-hydrogen) atoms. The Hall–Kier alpha value is -0.300. The van der Waals surface area contributed by atoms with E-state index >= 15 is 0 Å². The van der Waals surface area contributed by atoms with E-state index in [0.717, 1.165) is 11.8 Å². The highest BCUT2D eigenvalue weighted by Gasteiger charge is 2.36. The van der Waals surface area contributed by atoms with E-state index in [1.807, 2.05) is 6.07 Å². The molecule has 2 nitrogen and oxygen atoms in total. The first kappa shape index (κ1) is 14.8. The number of thiophene rings is 1. The quantitative estimate of drug-likeness (QED) is 0.809. The number of ether oxygens (including phenoxy) is 1. The zero-order chi connectivity index (χ0) is 12.9. The maximum Gasteiger partial charge on any atom is 0.414 e. The summed E-state index contributed by atoms with van der Waals surface area (Å²) in [5.74, 6) is 0. The fourth-order valence-electron chi connectivity index (χ4n) is 1.06. The maximum atomic E-state index is 12.1. The number of alkyl halides is 3. The molecule has 1 atom stereocenters. The Kier molecular flexibility index (Phi) is 5.72. The van der Waals surface area contributed by atoms with Gasteiger partial charge in [0.05, 0.1) is 10.9 Å². The molecule has 1 N–H and O–H groups in total. The lowest BCUT2D eigenvalue weighted by atomic mass is 10.4. The molecule has 1 unspecified atom stereocenters. The number of rotatable bonds is 6. The van der Waals surface area contributed by atoms with Gasteiger partial charge in [-0.05, 0) is 19.1 Å². The summed E-state index contributed by atoms with van der Waals surface area (Å²) in [7, 11) is 0. The van der Waals surface area contributed by atoms with E-state index in [0.29, 0.717) is 17.4 Å². The summed E-state index contributed by atoms with van der Waals surface area (Å²) in [5.41, 5.74) is 0. The zero-order valence-electron chi connectivity index (χ0n) is 9.18. The molecule has 1 aromatic heterocycles. The van der Waals surface area contributed by atoms with E-state index in [9.17, 15) is 13.2 Å². The molecule has 0 radical (unpaired) electrons. The molecule has 0 saturated carbocycles. The molecule has 0 saturated heterocycles. The van der Waals surface area contributed by atoms with Crippen molar-refractivity contribution in [1.82, 2.24) is 5.32 Å². The fourth-order valence-corrected chi connectivity index (χ4v) is 2.12. The van der Waals surface area contributed by atoms with Gasteiger partial charge in [0.2, 0.25) is 0 Å². The highest BCUT2D eigenvalue weighted by molar-refractivity contribution is 7.16. The summed E-state index contributed by atoms with van der Waals surface area (Å²) in [4.78, 5) is 1.04. The van der Waals surface area contributed by atoms with Gasteiger partial charge in [-0.1, -0.05) is 11.6 Å². The second kappa shape index (κ2) is 6.58. The normalized spacial score (nSPS) is 13.9. The Bertz CT molecular complexity index is 343. The van der Waals surface area contributed by atoms with Crippen LogP contribution in [0.25, 0.3) is 0 Å². The predicted octanol–water partition coefficient (Wildman–Crippen LogP) is 3.46. The molecule has 0 fully saturated rings. The molecule has 0 aliphatic carbocycles. The average molecular weight is 288 g/mol. The Balaban J connectivity index is 2.09. The van der Waals surface area contributed by atoms with E-state index in [4.69, 9.17) is 11.6 Å². The summed E-state index contributed by atoms with van der Waals surface area (Å²) < 4.78 is 41.5. The minimum atomic E-state index is -4.29. The van der Waals surface area contributed by atoms with Crippen LogP contribution in [0.1, 0.15) is 11.8 Å². The SMILES string of the molecule is CC(OCCNCc1ccc(Cl)s1)C(F)(F)F. The van der Waals surface area contributed by atoms with Crippen molar-refractivity contribution in [2.75, 3.05) is 13.2 Å². The number of halogens is 4. The number of nitrogens with one attached hydrogen (secondary N) is 1. The fraction of sp³-hybridized carbons (Fsp3) is 0.600. The van der Waals surface area contributed by atoms with Crippen LogP contribution >= 0.6 is 22.9 Å². The lowest BCUT2D eigenvalue weighted by Gasteiger charge is -2.16. The minimum absolute atomic E-state index is 0.0276. The van der Waals surface area contributed by atoms with Crippen LogP contribution in [0.15, 0.2) is 12.1 Å². The van der Waals surface area contributed by atoms with Crippen LogP contribution in [0.2, 0.25) is 4.34 Å². The van der Waals surface area contributed by atoms with Crippen molar-refractivity contribution in [2.45, 2.75) is 25.7 Å². The third-order valence-electron chi connectivity index (χ3n) is 2.04. The summed E-state index contributed by atoms with van der Waals surface area (Å²) in [6.07, 6.45) is -6.01. The van der Waals surface area contributed by atoms with Crippen LogP contribution in [-0.4, -0.2) is 25.4 Å². The first-order valence-electron chi connectivity index (χ1n) is 5.03. The van der Waals surface area contributed by atoms with Gasteiger partial charge in [-0.15, -0.1) is 11.3 Å². The van der Waals surface area contributed by atoms with Crippen LogP contribution in [0, 0.1) is 0 Å². The minimum Gasteiger partial charge on any atom is -0.368 e. The van der Waals surface area contributed by atoms with E-state index in [2.05, 4.69) is 10.1 Å². The van der Waals surface area contributed by atoms with Crippen molar-refractivity contribution in [1.29, 1.82) is 0 Å². The summed E-state index contributed by atoms with van der Waals surface area (Å²) in [5, 5.41) is 2.98. The molecule has 1 heterocycles. The molecule has 1 rings (SSSR count). The smallest absolute Gasteiger partial charge is 0.368 e. The Morgan fingerprint density at radius 3 is 2.71 bits per heavy atom. The van der Waals surface area contributed by atoms with Crippen molar-refractivity contribution >= 4 is 22.9 Å². The zero-order valence-corrected chi connectivity index (χ0v) is 10.8. The molecule has 0 aromatic carbocycles. The first-order chi connectivity index (χ1) is 7.89. The molecule has 0 aliphatic heterocycles. The van der Waals surface area contributed by atoms with Gasteiger partial charge >= 0.3 is 6.18 Å². The van der Waals surface area contributed by atoms with Crippen LogP contribution in [0.3, 0.4) is 0 Å². The van der Waals surface area contributed by atoms with Gasteiger partial charge in [0.25, 0.3) is 0 Å².